The topological polar surface area (TPSA) is 41.3 Å². The smallest absolute Gasteiger partial charge is 0.236 e. The summed E-state index contributed by atoms with van der Waals surface area (Å²) in [5.74, 6) is 2.43. The zero-order valence-corrected chi connectivity index (χ0v) is 11.5. The van der Waals surface area contributed by atoms with Gasteiger partial charge in [-0.3, -0.25) is 4.90 Å². The summed E-state index contributed by atoms with van der Waals surface area (Å²) in [7, 11) is 0. The van der Waals surface area contributed by atoms with Gasteiger partial charge in [0, 0.05) is 19.6 Å². The summed E-state index contributed by atoms with van der Waals surface area (Å²) >= 11 is 1.67. The van der Waals surface area contributed by atoms with Crippen LogP contribution in [-0.4, -0.2) is 36.1 Å². The molecule has 1 N–H and O–H groups in total. The van der Waals surface area contributed by atoms with Crippen LogP contribution in [-0.2, 0) is 6.54 Å². The van der Waals surface area contributed by atoms with Crippen LogP contribution in [0.3, 0.4) is 0 Å². The highest BCUT2D eigenvalue weighted by Crippen LogP contribution is 2.28. The molecule has 2 aromatic rings. The van der Waals surface area contributed by atoms with Gasteiger partial charge in [0.05, 0.1) is 10.6 Å². The van der Waals surface area contributed by atoms with Gasteiger partial charge in [0.15, 0.2) is 0 Å². The van der Waals surface area contributed by atoms with Crippen LogP contribution in [0.2, 0.25) is 0 Å². The second-order valence-corrected chi connectivity index (χ2v) is 6.44. The van der Waals surface area contributed by atoms with Crippen molar-refractivity contribution in [3.8, 4) is 10.8 Å². The second-order valence-electron chi connectivity index (χ2n) is 5.49. The van der Waals surface area contributed by atoms with E-state index in [1.165, 1.54) is 26.2 Å². The molecule has 0 spiro atoms. The standard InChI is InChI=1S/C14H17N3OS/c1-2-13(19-3-1)14-16-12(9-18-14)8-17-6-10-4-15-5-11(10)7-17/h1-3,9-11,15H,4-8H2/t10-,11+. The minimum absolute atomic E-state index is 0.756. The fourth-order valence-electron chi connectivity index (χ4n) is 3.20. The van der Waals surface area contributed by atoms with Crippen molar-refractivity contribution in [2.75, 3.05) is 26.2 Å². The van der Waals surface area contributed by atoms with E-state index in [1.807, 2.05) is 17.5 Å². The van der Waals surface area contributed by atoms with E-state index in [9.17, 15) is 0 Å². The molecule has 5 heteroatoms. The summed E-state index contributed by atoms with van der Waals surface area (Å²) in [6.07, 6.45) is 1.81. The normalized spacial score (nSPS) is 26.9. The molecular weight excluding hydrogens is 258 g/mol. The molecule has 0 aromatic carbocycles. The molecule has 0 bridgehead atoms. The average Bonchev–Trinajstić information content (AvgIpc) is 3.12. The van der Waals surface area contributed by atoms with E-state index in [-0.39, 0.29) is 0 Å². The van der Waals surface area contributed by atoms with E-state index >= 15 is 0 Å². The first-order valence-corrected chi connectivity index (χ1v) is 7.68. The Balaban J connectivity index is 1.44. The molecule has 100 valence electrons. The Kier molecular flexibility index (Phi) is 2.90. The summed E-state index contributed by atoms with van der Waals surface area (Å²) in [6, 6.07) is 4.07. The van der Waals surface area contributed by atoms with Crippen LogP contribution in [0.5, 0.6) is 0 Å². The lowest BCUT2D eigenvalue weighted by Crippen LogP contribution is -2.25. The molecule has 19 heavy (non-hydrogen) atoms. The number of thiophene rings is 1. The van der Waals surface area contributed by atoms with Gasteiger partial charge in [0.2, 0.25) is 5.89 Å². The number of hydrogen-bond acceptors (Lipinski definition) is 5. The third kappa shape index (κ3) is 2.22. The maximum atomic E-state index is 5.57. The van der Waals surface area contributed by atoms with E-state index < -0.39 is 0 Å². The zero-order valence-electron chi connectivity index (χ0n) is 10.7. The van der Waals surface area contributed by atoms with Crippen molar-refractivity contribution in [1.29, 1.82) is 0 Å². The Morgan fingerprint density at radius 3 is 2.95 bits per heavy atom. The maximum Gasteiger partial charge on any atom is 0.236 e. The van der Waals surface area contributed by atoms with E-state index in [4.69, 9.17) is 4.42 Å². The molecule has 2 atom stereocenters. The second kappa shape index (κ2) is 4.74. The average molecular weight is 275 g/mol. The van der Waals surface area contributed by atoms with Gasteiger partial charge in [0.1, 0.15) is 6.26 Å². The van der Waals surface area contributed by atoms with Gasteiger partial charge < -0.3 is 9.73 Å². The van der Waals surface area contributed by atoms with Crippen molar-refractivity contribution in [3.05, 3.63) is 29.5 Å². The van der Waals surface area contributed by atoms with Crippen LogP contribution in [0.25, 0.3) is 10.8 Å². The van der Waals surface area contributed by atoms with Crippen molar-refractivity contribution >= 4 is 11.3 Å². The van der Waals surface area contributed by atoms with Crippen LogP contribution in [0, 0.1) is 11.8 Å². The van der Waals surface area contributed by atoms with Gasteiger partial charge in [-0.05, 0) is 36.4 Å². The molecule has 2 fully saturated rings. The summed E-state index contributed by atoms with van der Waals surface area (Å²) in [5, 5.41) is 5.52. The summed E-state index contributed by atoms with van der Waals surface area (Å²) in [5.41, 5.74) is 1.05. The first-order valence-electron chi connectivity index (χ1n) is 6.80. The van der Waals surface area contributed by atoms with Crippen LogP contribution < -0.4 is 5.32 Å². The summed E-state index contributed by atoms with van der Waals surface area (Å²) < 4.78 is 5.57. The first-order chi connectivity index (χ1) is 9.38. The fraction of sp³-hybridized carbons (Fsp3) is 0.500. The molecule has 2 aliphatic rings. The molecular formula is C14H17N3OS. The third-order valence-corrected chi connectivity index (χ3v) is 4.99. The molecule has 4 heterocycles. The van der Waals surface area contributed by atoms with Crippen LogP contribution in [0.1, 0.15) is 5.69 Å². The first kappa shape index (κ1) is 11.6. The Labute approximate surface area is 116 Å². The van der Waals surface area contributed by atoms with E-state index in [1.54, 1.807) is 17.6 Å². The monoisotopic (exact) mass is 275 g/mol. The number of rotatable bonds is 3. The van der Waals surface area contributed by atoms with E-state index in [2.05, 4.69) is 15.2 Å². The highest BCUT2D eigenvalue weighted by atomic mass is 32.1. The highest BCUT2D eigenvalue weighted by Gasteiger charge is 2.36. The molecule has 0 aliphatic carbocycles. The van der Waals surface area contributed by atoms with Gasteiger partial charge >= 0.3 is 0 Å². The van der Waals surface area contributed by atoms with E-state index in [0.29, 0.717) is 0 Å². The number of hydrogen-bond donors (Lipinski definition) is 1. The van der Waals surface area contributed by atoms with Gasteiger partial charge in [-0.1, -0.05) is 6.07 Å². The van der Waals surface area contributed by atoms with Crippen molar-refractivity contribution in [2.24, 2.45) is 11.8 Å². The van der Waals surface area contributed by atoms with Crippen LogP contribution >= 0.6 is 11.3 Å². The minimum atomic E-state index is 0.756. The molecule has 4 nitrogen and oxygen atoms in total. The zero-order chi connectivity index (χ0) is 12.7. The Hall–Kier alpha value is -1.17. The molecule has 0 amide bonds. The lowest BCUT2D eigenvalue weighted by Gasteiger charge is -2.14. The van der Waals surface area contributed by atoms with E-state index in [0.717, 1.165) is 34.8 Å². The van der Waals surface area contributed by atoms with Gasteiger partial charge in [-0.15, -0.1) is 11.3 Å². The number of aromatic nitrogens is 1. The van der Waals surface area contributed by atoms with Crippen LogP contribution in [0.15, 0.2) is 28.2 Å². The number of nitrogens with one attached hydrogen (secondary N) is 1. The van der Waals surface area contributed by atoms with Gasteiger partial charge in [-0.25, -0.2) is 4.98 Å². The van der Waals surface area contributed by atoms with Crippen molar-refractivity contribution in [2.45, 2.75) is 6.54 Å². The highest BCUT2D eigenvalue weighted by molar-refractivity contribution is 7.13. The lowest BCUT2D eigenvalue weighted by molar-refractivity contribution is 0.302. The summed E-state index contributed by atoms with van der Waals surface area (Å²) in [4.78, 5) is 8.21. The molecule has 0 unspecified atom stereocenters. The van der Waals surface area contributed by atoms with Gasteiger partial charge in [0.25, 0.3) is 0 Å². The minimum Gasteiger partial charge on any atom is -0.444 e. The largest absolute Gasteiger partial charge is 0.444 e. The SMILES string of the molecule is c1csc(-c2nc(CN3C[C@H]4CNC[C@H]4C3)co2)c1. The predicted molar refractivity (Wildman–Crippen MR) is 74.9 cm³/mol. The number of nitrogens with zero attached hydrogens (tertiary/aromatic N) is 2. The van der Waals surface area contributed by atoms with Gasteiger partial charge in [-0.2, -0.15) is 0 Å². The molecule has 0 radical (unpaired) electrons. The number of fused-ring (bicyclic) bond motifs is 1. The fourth-order valence-corrected chi connectivity index (χ4v) is 3.86. The summed E-state index contributed by atoms with van der Waals surface area (Å²) in [6.45, 7) is 5.67. The van der Waals surface area contributed by atoms with Crippen LogP contribution in [0.4, 0.5) is 0 Å². The molecule has 2 aliphatic heterocycles. The quantitative estimate of drug-likeness (QED) is 0.931. The van der Waals surface area contributed by atoms with Crippen molar-refractivity contribution in [3.63, 3.8) is 0 Å². The lowest BCUT2D eigenvalue weighted by atomic mass is 10.0. The molecule has 2 saturated heterocycles. The Morgan fingerprint density at radius 1 is 1.37 bits per heavy atom. The maximum absolute atomic E-state index is 5.57. The molecule has 2 aromatic heterocycles. The molecule has 4 rings (SSSR count). The third-order valence-electron chi connectivity index (χ3n) is 4.13. The Morgan fingerprint density at radius 2 is 2.21 bits per heavy atom. The van der Waals surface area contributed by atoms with Crippen molar-refractivity contribution < 1.29 is 4.42 Å². The molecule has 0 saturated carbocycles. The number of likely N-dealkylation sites (tertiary alicyclic amines) is 1. The predicted octanol–water partition coefficient (Wildman–Crippen LogP) is 2.05. The number of oxazole rings is 1. The Bertz CT molecular complexity index is 539. The van der Waals surface area contributed by atoms with Crippen molar-refractivity contribution in [1.82, 2.24) is 15.2 Å².